The number of piperidine rings is 1. The average molecular weight is 575 g/mol. The summed E-state index contributed by atoms with van der Waals surface area (Å²) in [4.78, 5) is 45.7. The molecule has 2 aromatic rings. The van der Waals surface area contributed by atoms with Crippen LogP contribution in [0.25, 0.3) is 0 Å². The number of hydrogen-bond donors (Lipinski definition) is 4. The molecule has 1 saturated carbocycles. The minimum absolute atomic E-state index is 0.0237. The van der Waals surface area contributed by atoms with Crippen LogP contribution in [0.15, 0.2) is 59.8 Å². The van der Waals surface area contributed by atoms with Gasteiger partial charge in [-0.05, 0) is 88.0 Å². The van der Waals surface area contributed by atoms with Gasteiger partial charge in [-0.1, -0.05) is 18.3 Å². The maximum atomic E-state index is 13.6. The van der Waals surface area contributed by atoms with Gasteiger partial charge in [-0.2, -0.15) is 0 Å². The van der Waals surface area contributed by atoms with Crippen molar-refractivity contribution >= 4 is 35.3 Å². The first-order valence-corrected chi connectivity index (χ1v) is 14.9. The van der Waals surface area contributed by atoms with Crippen LogP contribution in [-0.2, 0) is 9.59 Å². The number of carbonyl (C=O) groups is 3. The molecule has 1 aliphatic carbocycles. The Morgan fingerprint density at radius 2 is 1.90 bits per heavy atom. The molecule has 10 nitrogen and oxygen atoms in total. The largest absolute Gasteiger partial charge is 0.456 e. The van der Waals surface area contributed by atoms with Gasteiger partial charge >= 0.3 is 6.03 Å². The lowest BCUT2D eigenvalue weighted by atomic mass is 9.86. The van der Waals surface area contributed by atoms with Crippen molar-refractivity contribution in [1.29, 1.82) is 0 Å². The van der Waals surface area contributed by atoms with E-state index in [0.717, 1.165) is 49.2 Å². The summed E-state index contributed by atoms with van der Waals surface area (Å²) in [5, 5.41) is 12.7. The van der Waals surface area contributed by atoms with Gasteiger partial charge in [-0.15, -0.1) is 0 Å². The molecule has 3 fully saturated rings. The summed E-state index contributed by atoms with van der Waals surface area (Å²) in [6.07, 6.45) is 6.20. The molecule has 3 aliphatic heterocycles. The van der Waals surface area contributed by atoms with E-state index >= 15 is 0 Å². The van der Waals surface area contributed by atoms with Gasteiger partial charge in [0.2, 0.25) is 5.91 Å². The number of carbonyl (C=O) groups excluding carboxylic acids is 3. The molecule has 0 bridgehead atoms. The highest BCUT2D eigenvalue weighted by Crippen LogP contribution is 2.48. The number of nitrogens with one attached hydrogen (secondary N) is 4. The number of aromatic nitrogens is 1. The monoisotopic (exact) mass is 574 g/mol. The van der Waals surface area contributed by atoms with Gasteiger partial charge in [0.25, 0.3) is 5.91 Å². The second-order valence-corrected chi connectivity index (χ2v) is 12.1. The summed E-state index contributed by atoms with van der Waals surface area (Å²) >= 11 is 1.48. The summed E-state index contributed by atoms with van der Waals surface area (Å²) in [5.41, 5.74) is 3.33. The SMILES string of the molecule is C=CC(=O)N[C@H]1CCC[C@H]1NC(=O)C1=C2NC(=O)N(c3ccc(Oc4ccc(C)nc4)cc3C)C3CCNC(S1)C23. The molecule has 41 heavy (non-hydrogen) atoms. The first-order chi connectivity index (χ1) is 19.8. The Kier molecular flexibility index (Phi) is 7.48. The number of rotatable bonds is 7. The number of aryl methyl sites for hydroxylation is 2. The molecule has 214 valence electrons. The van der Waals surface area contributed by atoms with Crippen molar-refractivity contribution < 1.29 is 19.1 Å². The van der Waals surface area contributed by atoms with Gasteiger partial charge in [-0.25, -0.2) is 4.79 Å². The minimum Gasteiger partial charge on any atom is -0.456 e. The molecule has 2 saturated heterocycles. The zero-order valence-corrected chi connectivity index (χ0v) is 23.9. The van der Waals surface area contributed by atoms with Crippen molar-refractivity contribution in [3.63, 3.8) is 0 Å². The van der Waals surface area contributed by atoms with Gasteiger partial charge in [0.05, 0.1) is 22.5 Å². The number of hydrogen-bond acceptors (Lipinski definition) is 7. The van der Waals surface area contributed by atoms with Crippen LogP contribution in [0.2, 0.25) is 0 Å². The lowest BCUT2D eigenvalue weighted by Crippen LogP contribution is -2.62. The number of anilines is 1. The fourth-order valence-electron chi connectivity index (χ4n) is 6.30. The molecule has 1 aromatic carbocycles. The van der Waals surface area contributed by atoms with E-state index in [1.54, 1.807) is 6.20 Å². The molecule has 0 spiro atoms. The van der Waals surface area contributed by atoms with E-state index in [-0.39, 0.29) is 47.3 Å². The second-order valence-electron chi connectivity index (χ2n) is 10.9. The van der Waals surface area contributed by atoms with E-state index in [9.17, 15) is 14.4 Å². The van der Waals surface area contributed by atoms with Gasteiger partial charge in [0.1, 0.15) is 11.5 Å². The highest BCUT2D eigenvalue weighted by atomic mass is 32.2. The smallest absolute Gasteiger partial charge is 0.326 e. The third kappa shape index (κ3) is 5.31. The van der Waals surface area contributed by atoms with Gasteiger partial charge in [0.15, 0.2) is 0 Å². The van der Waals surface area contributed by atoms with E-state index in [1.807, 2.05) is 49.1 Å². The number of ether oxygens (including phenoxy) is 1. The lowest BCUT2D eigenvalue weighted by molar-refractivity contribution is -0.119. The fourth-order valence-corrected chi connectivity index (χ4v) is 7.69. The van der Waals surface area contributed by atoms with E-state index in [0.29, 0.717) is 22.1 Å². The Labute approximate surface area is 243 Å². The number of urea groups is 1. The number of thioether (sulfide) groups is 1. The number of nitrogens with zero attached hydrogens (tertiary/aromatic N) is 2. The van der Waals surface area contributed by atoms with E-state index in [2.05, 4.69) is 32.8 Å². The molecule has 11 heteroatoms. The standard InChI is InChI=1S/C30H34N6O4S/c1-4-24(37)33-20-6-5-7-21(20)34-28(38)27-26-25-23(12-13-31-29(25)41-27)36(30(39)35-26)22-11-10-18(14-16(22)2)40-19-9-8-17(3)32-15-19/h4,8-11,14-15,20-21,23,25,29,31H,1,5-7,12-13H2,2-3H3,(H,33,37)(H,34,38)(H,35,39)/t20-,21+,23?,25?,29?/m0/s1. The Morgan fingerprint density at radius 1 is 1.12 bits per heavy atom. The Hall–Kier alpha value is -3.83. The number of pyridine rings is 1. The lowest BCUT2D eigenvalue weighted by Gasteiger charge is -2.46. The molecule has 3 unspecified atom stereocenters. The number of amides is 4. The van der Waals surface area contributed by atoms with Crippen LogP contribution in [0.1, 0.15) is 36.9 Å². The van der Waals surface area contributed by atoms with Gasteiger partial charge in [-0.3, -0.25) is 19.5 Å². The van der Waals surface area contributed by atoms with Gasteiger partial charge in [0, 0.05) is 35.1 Å². The zero-order valence-electron chi connectivity index (χ0n) is 23.1. The van der Waals surface area contributed by atoms with E-state index in [4.69, 9.17) is 4.74 Å². The average Bonchev–Trinajstić information content (AvgIpc) is 3.55. The van der Waals surface area contributed by atoms with Crippen molar-refractivity contribution in [3.05, 3.63) is 71.0 Å². The predicted molar refractivity (Wildman–Crippen MR) is 157 cm³/mol. The molecular weight excluding hydrogens is 540 g/mol. The summed E-state index contributed by atoms with van der Waals surface area (Å²) < 4.78 is 5.99. The third-order valence-electron chi connectivity index (χ3n) is 8.24. The highest BCUT2D eigenvalue weighted by Gasteiger charge is 2.52. The van der Waals surface area contributed by atoms with Crippen LogP contribution in [0.3, 0.4) is 0 Å². The highest BCUT2D eigenvalue weighted by molar-refractivity contribution is 8.04. The van der Waals surface area contributed by atoms with Crippen molar-refractivity contribution in [2.24, 2.45) is 5.92 Å². The summed E-state index contributed by atoms with van der Waals surface area (Å²) in [6.45, 7) is 8.16. The third-order valence-corrected chi connectivity index (χ3v) is 9.60. The topological polar surface area (TPSA) is 125 Å². The zero-order chi connectivity index (χ0) is 28.7. The molecule has 4 aliphatic rings. The van der Waals surface area contributed by atoms with Crippen LogP contribution in [0, 0.1) is 19.8 Å². The van der Waals surface area contributed by atoms with Crippen LogP contribution in [0.4, 0.5) is 10.5 Å². The van der Waals surface area contributed by atoms with Crippen molar-refractivity contribution in [3.8, 4) is 11.5 Å². The van der Waals surface area contributed by atoms with Crippen LogP contribution in [-0.4, -0.2) is 52.9 Å². The number of benzene rings is 1. The second kappa shape index (κ2) is 11.2. The molecule has 4 amide bonds. The normalized spacial score (nSPS) is 26.7. The summed E-state index contributed by atoms with van der Waals surface area (Å²) in [7, 11) is 0. The van der Waals surface area contributed by atoms with E-state index in [1.165, 1.54) is 17.8 Å². The minimum atomic E-state index is -0.244. The maximum Gasteiger partial charge on any atom is 0.326 e. The van der Waals surface area contributed by atoms with Crippen molar-refractivity contribution in [2.75, 3.05) is 11.4 Å². The summed E-state index contributed by atoms with van der Waals surface area (Å²) in [5.74, 6) is 0.814. The van der Waals surface area contributed by atoms with Crippen LogP contribution >= 0.6 is 11.8 Å². The molecule has 1 aromatic heterocycles. The first-order valence-electron chi connectivity index (χ1n) is 14.0. The molecule has 0 radical (unpaired) electrons. The molecule has 4 heterocycles. The first kappa shape index (κ1) is 27.3. The Morgan fingerprint density at radius 3 is 2.63 bits per heavy atom. The molecule has 6 rings (SSSR count). The van der Waals surface area contributed by atoms with E-state index < -0.39 is 0 Å². The summed E-state index contributed by atoms with van der Waals surface area (Å²) in [6, 6.07) is 8.85. The maximum absolute atomic E-state index is 13.6. The van der Waals surface area contributed by atoms with Crippen molar-refractivity contribution in [2.45, 2.75) is 63.0 Å². The predicted octanol–water partition coefficient (Wildman–Crippen LogP) is 3.62. The fraction of sp³-hybridized carbons (Fsp3) is 0.400. The van der Waals surface area contributed by atoms with Crippen LogP contribution in [0.5, 0.6) is 11.5 Å². The van der Waals surface area contributed by atoms with Crippen LogP contribution < -0.4 is 30.9 Å². The quantitative estimate of drug-likeness (QED) is 0.373. The molecule has 4 N–H and O–H groups in total. The molecular formula is C30H34N6O4S. The van der Waals surface area contributed by atoms with Gasteiger partial charge < -0.3 is 26.0 Å². The molecule has 5 atom stereocenters. The van der Waals surface area contributed by atoms with Crippen molar-refractivity contribution in [1.82, 2.24) is 26.3 Å². The Bertz CT molecular complexity index is 1430. The Balaban J connectivity index is 1.22.